The van der Waals surface area contributed by atoms with Crippen LogP contribution in [-0.4, -0.2) is 11.0 Å². The minimum absolute atomic E-state index is 0.123. The van der Waals surface area contributed by atoms with E-state index in [4.69, 9.17) is 0 Å². The quantitative estimate of drug-likeness (QED) is 0.868. The highest BCUT2D eigenvalue weighted by Crippen LogP contribution is 2.20. The Kier molecular flexibility index (Phi) is 3.51. The van der Waals surface area contributed by atoms with E-state index in [1.165, 1.54) is 18.2 Å². The monoisotopic (exact) mass is 259 g/mol. The maximum atomic E-state index is 13.5. The zero-order valence-corrected chi connectivity index (χ0v) is 10.7. The maximum Gasteiger partial charge on any atom is 0.255 e. The summed E-state index contributed by atoms with van der Waals surface area (Å²) >= 11 is 0. The van der Waals surface area contributed by atoms with Crippen molar-refractivity contribution in [1.82, 2.24) is 0 Å². The highest BCUT2D eigenvalue weighted by Gasteiger charge is 2.10. The van der Waals surface area contributed by atoms with Crippen molar-refractivity contribution in [2.45, 2.75) is 13.8 Å². The smallest absolute Gasteiger partial charge is 0.255 e. The van der Waals surface area contributed by atoms with Gasteiger partial charge in [-0.15, -0.1) is 0 Å². The van der Waals surface area contributed by atoms with Crippen LogP contribution >= 0.6 is 0 Å². The zero-order chi connectivity index (χ0) is 14.0. The molecule has 0 bridgehead atoms. The van der Waals surface area contributed by atoms with E-state index in [-0.39, 0.29) is 11.4 Å². The van der Waals surface area contributed by atoms with Crippen LogP contribution in [0.5, 0.6) is 5.75 Å². The van der Waals surface area contributed by atoms with Gasteiger partial charge in [0.15, 0.2) is 0 Å². The molecule has 0 aliphatic heterocycles. The summed E-state index contributed by atoms with van der Waals surface area (Å²) in [5.41, 5.74) is 1.97. The molecule has 19 heavy (non-hydrogen) atoms. The van der Waals surface area contributed by atoms with Gasteiger partial charge in [0.1, 0.15) is 11.6 Å². The molecule has 0 saturated heterocycles. The Bertz CT molecular complexity index is 638. The summed E-state index contributed by atoms with van der Waals surface area (Å²) in [6, 6.07) is 9.00. The van der Waals surface area contributed by atoms with Gasteiger partial charge in [-0.1, -0.05) is 6.07 Å². The maximum absolute atomic E-state index is 13.5. The Morgan fingerprint density at radius 1 is 1.16 bits per heavy atom. The number of carbonyl (C=O) groups excluding carboxylic acids is 1. The number of amides is 1. The number of nitrogens with one attached hydrogen (secondary N) is 1. The van der Waals surface area contributed by atoms with Crippen molar-refractivity contribution in [2.24, 2.45) is 0 Å². The van der Waals surface area contributed by atoms with E-state index in [1.807, 2.05) is 6.92 Å². The number of carbonyl (C=O) groups is 1. The molecule has 0 saturated carbocycles. The summed E-state index contributed by atoms with van der Waals surface area (Å²) in [6.07, 6.45) is 0. The predicted molar refractivity (Wildman–Crippen MR) is 71.9 cm³/mol. The van der Waals surface area contributed by atoms with Gasteiger partial charge >= 0.3 is 0 Å². The minimum Gasteiger partial charge on any atom is -0.508 e. The van der Waals surface area contributed by atoms with Crippen LogP contribution in [0.15, 0.2) is 36.4 Å². The number of aryl methyl sites for hydroxylation is 2. The van der Waals surface area contributed by atoms with Gasteiger partial charge in [-0.2, -0.15) is 0 Å². The van der Waals surface area contributed by atoms with Crippen molar-refractivity contribution in [2.75, 3.05) is 5.32 Å². The third-order valence-corrected chi connectivity index (χ3v) is 2.83. The average Bonchev–Trinajstić information content (AvgIpc) is 2.37. The van der Waals surface area contributed by atoms with E-state index in [0.717, 1.165) is 5.56 Å². The van der Waals surface area contributed by atoms with E-state index in [0.29, 0.717) is 11.1 Å². The molecule has 2 N–H and O–H groups in total. The fourth-order valence-electron chi connectivity index (χ4n) is 1.73. The highest BCUT2D eigenvalue weighted by atomic mass is 19.1. The molecule has 2 aromatic rings. The van der Waals surface area contributed by atoms with E-state index in [2.05, 4.69) is 5.32 Å². The van der Waals surface area contributed by atoms with E-state index in [1.54, 1.807) is 25.1 Å². The molecule has 0 aliphatic carbocycles. The van der Waals surface area contributed by atoms with Crippen LogP contribution in [0.4, 0.5) is 10.1 Å². The van der Waals surface area contributed by atoms with Crippen LogP contribution in [0.25, 0.3) is 0 Å². The first-order chi connectivity index (χ1) is 8.97. The summed E-state index contributed by atoms with van der Waals surface area (Å²) in [4.78, 5) is 12.0. The number of phenols is 1. The van der Waals surface area contributed by atoms with Crippen molar-refractivity contribution in [3.05, 3.63) is 58.9 Å². The lowest BCUT2D eigenvalue weighted by molar-refractivity contribution is 0.102. The third kappa shape index (κ3) is 2.91. The molecule has 0 spiro atoms. The summed E-state index contributed by atoms with van der Waals surface area (Å²) in [5, 5.41) is 11.9. The molecular weight excluding hydrogens is 245 g/mol. The summed E-state index contributed by atoms with van der Waals surface area (Å²) in [6.45, 7) is 3.51. The summed E-state index contributed by atoms with van der Waals surface area (Å²) in [5.74, 6) is -0.764. The van der Waals surface area contributed by atoms with Gasteiger partial charge in [0.2, 0.25) is 0 Å². The van der Waals surface area contributed by atoms with Crippen LogP contribution < -0.4 is 5.32 Å². The Labute approximate surface area is 110 Å². The molecule has 0 aromatic heterocycles. The van der Waals surface area contributed by atoms with E-state index < -0.39 is 11.7 Å². The van der Waals surface area contributed by atoms with Gasteiger partial charge in [0, 0.05) is 5.56 Å². The lowest BCUT2D eigenvalue weighted by Gasteiger charge is -2.08. The molecule has 0 atom stereocenters. The average molecular weight is 259 g/mol. The fraction of sp³-hybridized carbons (Fsp3) is 0.133. The first-order valence-corrected chi connectivity index (χ1v) is 5.84. The Morgan fingerprint density at radius 2 is 1.89 bits per heavy atom. The molecule has 0 radical (unpaired) electrons. The predicted octanol–water partition coefficient (Wildman–Crippen LogP) is 3.40. The van der Waals surface area contributed by atoms with Gasteiger partial charge in [0.25, 0.3) is 5.91 Å². The summed E-state index contributed by atoms with van der Waals surface area (Å²) < 4.78 is 13.5. The van der Waals surface area contributed by atoms with Crippen LogP contribution in [-0.2, 0) is 0 Å². The number of anilines is 1. The number of hydrogen-bond donors (Lipinski definition) is 2. The molecular formula is C15H14FNO2. The summed E-state index contributed by atoms with van der Waals surface area (Å²) in [7, 11) is 0. The molecule has 2 rings (SSSR count). The van der Waals surface area contributed by atoms with Crippen molar-refractivity contribution < 1.29 is 14.3 Å². The second-order valence-corrected chi connectivity index (χ2v) is 4.44. The largest absolute Gasteiger partial charge is 0.508 e. The van der Waals surface area contributed by atoms with E-state index in [9.17, 15) is 14.3 Å². The number of hydrogen-bond acceptors (Lipinski definition) is 2. The van der Waals surface area contributed by atoms with Crippen molar-refractivity contribution >= 4 is 11.6 Å². The van der Waals surface area contributed by atoms with Crippen LogP contribution in [0, 0.1) is 19.7 Å². The van der Waals surface area contributed by atoms with Crippen LogP contribution in [0.1, 0.15) is 21.5 Å². The topological polar surface area (TPSA) is 49.3 Å². The Balaban J connectivity index is 2.25. The Morgan fingerprint density at radius 3 is 2.58 bits per heavy atom. The second kappa shape index (κ2) is 5.10. The second-order valence-electron chi connectivity index (χ2n) is 4.44. The number of benzene rings is 2. The lowest BCUT2D eigenvalue weighted by Crippen LogP contribution is -2.13. The van der Waals surface area contributed by atoms with E-state index >= 15 is 0 Å². The van der Waals surface area contributed by atoms with Crippen molar-refractivity contribution in [1.29, 1.82) is 0 Å². The molecule has 1 amide bonds. The molecule has 0 aliphatic rings. The number of rotatable bonds is 2. The Hall–Kier alpha value is -2.36. The standard InChI is InChI=1S/C15H14FNO2/c1-9-3-5-12(16)13(7-9)17-15(19)11-4-6-14(18)10(2)8-11/h3-8,18H,1-2H3,(H,17,19). The number of halogens is 1. The molecule has 0 heterocycles. The van der Waals surface area contributed by atoms with Gasteiger partial charge in [-0.25, -0.2) is 4.39 Å². The number of phenolic OH excluding ortho intramolecular Hbond substituents is 1. The van der Waals surface area contributed by atoms with Gasteiger partial charge < -0.3 is 10.4 Å². The highest BCUT2D eigenvalue weighted by molar-refractivity contribution is 6.04. The number of aromatic hydroxyl groups is 1. The molecule has 98 valence electrons. The van der Waals surface area contributed by atoms with Gasteiger partial charge in [0.05, 0.1) is 5.69 Å². The van der Waals surface area contributed by atoms with Gasteiger partial charge in [-0.05, 0) is 55.3 Å². The van der Waals surface area contributed by atoms with Crippen LogP contribution in [0.3, 0.4) is 0 Å². The SMILES string of the molecule is Cc1ccc(F)c(NC(=O)c2ccc(O)c(C)c2)c1. The lowest BCUT2D eigenvalue weighted by atomic mass is 10.1. The van der Waals surface area contributed by atoms with Crippen molar-refractivity contribution in [3.63, 3.8) is 0 Å². The van der Waals surface area contributed by atoms with Crippen molar-refractivity contribution in [3.8, 4) is 5.75 Å². The molecule has 0 fully saturated rings. The normalized spacial score (nSPS) is 10.3. The molecule has 3 nitrogen and oxygen atoms in total. The minimum atomic E-state index is -0.477. The van der Waals surface area contributed by atoms with Crippen LogP contribution in [0.2, 0.25) is 0 Å². The molecule has 4 heteroatoms. The molecule has 2 aromatic carbocycles. The first kappa shape index (κ1) is 13.1. The molecule has 0 unspecified atom stereocenters. The van der Waals surface area contributed by atoms with Gasteiger partial charge in [-0.3, -0.25) is 4.79 Å². The fourth-order valence-corrected chi connectivity index (χ4v) is 1.73. The third-order valence-electron chi connectivity index (χ3n) is 2.83. The first-order valence-electron chi connectivity index (χ1n) is 5.84. The zero-order valence-electron chi connectivity index (χ0n) is 10.7.